The fraction of sp³-hybridized carbons (Fsp3) is 0.750. The fourth-order valence-corrected chi connectivity index (χ4v) is 2.96. The van der Waals surface area contributed by atoms with E-state index in [-0.39, 0.29) is 6.04 Å². The Morgan fingerprint density at radius 1 is 1.62 bits per heavy atom. The van der Waals surface area contributed by atoms with E-state index >= 15 is 0 Å². The molecule has 1 fully saturated rings. The van der Waals surface area contributed by atoms with Crippen LogP contribution in [0.25, 0.3) is 0 Å². The standard InChI is InChI=1S/C12H19ClN2O/c1-8(2)15-11(10(13)7-14-15)12(16)5-4-9(3)6-12/h7-9,16H,4-6H2,1-3H3. The molecule has 2 atom stereocenters. The van der Waals surface area contributed by atoms with Gasteiger partial charge in [-0.3, -0.25) is 4.68 Å². The van der Waals surface area contributed by atoms with Gasteiger partial charge in [-0.15, -0.1) is 0 Å². The minimum absolute atomic E-state index is 0.224. The molecule has 0 bridgehead atoms. The molecule has 2 rings (SSSR count). The Kier molecular flexibility index (Phi) is 3.01. The van der Waals surface area contributed by atoms with Crippen LogP contribution >= 0.6 is 11.6 Å². The van der Waals surface area contributed by atoms with Crippen molar-refractivity contribution < 1.29 is 5.11 Å². The highest BCUT2D eigenvalue weighted by Gasteiger charge is 2.41. The fourth-order valence-electron chi connectivity index (χ4n) is 2.65. The molecular formula is C12H19ClN2O. The highest BCUT2D eigenvalue weighted by molar-refractivity contribution is 6.31. The summed E-state index contributed by atoms with van der Waals surface area (Å²) < 4.78 is 1.85. The second-order valence-electron chi connectivity index (χ2n) is 5.26. The van der Waals surface area contributed by atoms with Gasteiger partial charge in [0.25, 0.3) is 0 Å². The molecule has 0 amide bonds. The van der Waals surface area contributed by atoms with Gasteiger partial charge in [0.05, 0.1) is 16.9 Å². The summed E-state index contributed by atoms with van der Waals surface area (Å²) in [4.78, 5) is 0. The number of halogens is 1. The summed E-state index contributed by atoms with van der Waals surface area (Å²) >= 11 is 6.16. The molecule has 0 saturated heterocycles. The first kappa shape index (κ1) is 11.9. The van der Waals surface area contributed by atoms with E-state index < -0.39 is 5.60 Å². The molecule has 0 spiro atoms. The molecule has 16 heavy (non-hydrogen) atoms. The zero-order valence-electron chi connectivity index (χ0n) is 10.1. The predicted molar refractivity (Wildman–Crippen MR) is 64.5 cm³/mol. The van der Waals surface area contributed by atoms with Gasteiger partial charge in [0.15, 0.2) is 0 Å². The molecule has 0 aliphatic heterocycles. The summed E-state index contributed by atoms with van der Waals surface area (Å²) in [5.41, 5.74) is 0.0191. The first-order valence-corrected chi connectivity index (χ1v) is 6.27. The third kappa shape index (κ3) is 1.87. The Labute approximate surface area is 101 Å². The molecule has 0 aromatic carbocycles. The Balaban J connectivity index is 2.43. The van der Waals surface area contributed by atoms with Gasteiger partial charge in [-0.1, -0.05) is 18.5 Å². The van der Waals surface area contributed by atoms with E-state index in [0.29, 0.717) is 10.9 Å². The average Bonchev–Trinajstić information content (AvgIpc) is 2.71. The SMILES string of the molecule is CC1CCC(O)(c2c(Cl)cnn2C(C)C)C1. The first-order valence-electron chi connectivity index (χ1n) is 5.90. The van der Waals surface area contributed by atoms with Crippen molar-refractivity contribution in [2.24, 2.45) is 5.92 Å². The highest BCUT2D eigenvalue weighted by atomic mass is 35.5. The second kappa shape index (κ2) is 4.04. The van der Waals surface area contributed by atoms with Crippen LogP contribution in [0.5, 0.6) is 0 Å². The lowest BCUT2D eigenvalue weighted by Crippen LogP contribution is -2.27. The van der Waals surface area contributed by atoms with Gasteiger partial charge in [0, 0.05) is 6.04 Å². The van der Waals surface area contributed by atoms with Crippen LogP contribution in [0.1, 0.15) is 51.8 Å². The van der Waals surface area contributed by atoms with Gasteiger partial charge in [-0.25, -0.2) is 0 Å². The minimum atomic E-state index is -0.780. The van der Waals surface area contributed by atoms with Crippen molar-refractivity contribution >= 4 is 11.6 Å². The molecular weight excluding hydrogens is 224 g/mol. The van der Waals surface area contributed by atoms with Crippen LogP contribution in [-0.2, 0) is 5.60 Å². The third-order valence-electron chi connectivity index (χ3n) is 3.42. The molecule has 0 radical (unpaired) electrons. The zero-order chi connectivity index (χ0) is 11.9. The Morgan fingerprint density at radius 2 is 2.31 bits per heavy atom. The Morgan fingerprint density at radius 3 is 2.81 bits per heavy atom. The number of hydrogen-bond donors (Lipinski definition) is 1. The maximum Gasteiger partial charge on any atom is 0.108 e. The maximum atomic E-state index is 10.7. The first-order chi connectivity index (χ1) is 7.44. The van der Waals surface area contributed by atoms with E-state index in [4.69, 9.17) is 11.6 Å². The Hall–Kier alpha value is -0.540. The monoisotopic (exact) mass is 242 g/mol. The maximum absolute atomic E-state index is 10.7. The number of aromatic nitrogens is 2. The number of rotatable bonds is 2. The van der Waals surface area contributed by atoms with Gasteiger partial charge in [-0.2, -0.15) is 5.10 Å². The summed E-state index contributed by atoms with van der Waals surface area (Å²) in [7, 11) is 0. The summed E-state index contributed by atoms with van der Waals surface area (Å²) in [5, 5.41) is 15.5. The lowest BCUT2D eigenvalue weighted by atomic mass is 9.96. The van der Waals surface area contributed by atoms with Crippen molar-refractivity contribution in [3.05, 3.63) is 16.9 Å². The summed E-state index contributed by atoms with van der Waals surface area (Å²) in [6.45, 7) is 6.27. The molecule has 1 heterocycles. The molecule has 1 N–H and O–H groups in total. The van der Waals surface area contributed by atoms with Gasteiger partial charge >= 0.3 is 0 Å². The van der Waals surface area contributed by atoms with Crippen LogP contribution in [0, 0.1) is 5.92 Å². The van der Waals surface area contributed by atoms with Crippen LogP contribution in [0.4, 0.5) is 0 Å². The third-order valence-corrected chi connectivity index (χ3v) is 3.69. The molecule has 1 saturated carbocycles. The molecule has 90 valence electrons. The largest absolute Gasteiger partial charge is 0.384 e. The summed E-state index contributed by atoms with van der Waals surface area (Å²) in [6, 6.07) is 0.224. The van der Waals surface area contributed by atoms with Crippen LogP contribution in [-0.4, -0.2) is 14.9 Å². The second-order valence-corrected chi connectivity index (χ2v) is 5.67. The van der Waals surface area contributed by atoms with Crippen LogP contribution in [0.3, 0.4) is 0 Å². The molecule has 1 aromatic rings. The van der Waals surface area contributed by atoms with Crippen molar-refractivity contribution in [1.82, 2.24) is 9.78 Å². The van der Waals surface area contributed by atoms with Crippen molar-refractivity contribution in [3.8, 4) is 0 Å². The molecule has 1 aliphatic carbocycles. The van der Waals surface area contributed by atoms with Crippen LogP contribution in [0.2, 0.25) is 5.02 Å². The topological polar surface area (TPSA) is 38.1 Å². The molecule has 2 unspecified atom stereocenters. The molecule has 4 heteroatoms. The van der Waals surface area contributed by atoms with E-state index in [1.165, 1.54) is 0 Å². The normalized spacial score (nSPS) is 30.2. The van der Waals surface area contributed by atoms with Crippen molar-refractivity contribution in [2.45, 2.75) is 51.7 Å². The van der Waals surface area contributed by atoms with Crippen LogP contribution < -0.4 is 0 Å². The van der Waals surface area contributed by atoms with Gasteiger partial charge in [-0.05, 0) is 39.0 Å². The van der Waals surface area contributed by atoms with E-state index in [2.05, 4.69) is 25.9 Å². The molecule has 3 nitrogen and oxygen atoms in total. The lowest BCUT2D eigenvalue weighted by molar-refractivity contribution is 0.0304. The molecule has 1 aromatic heterocycles. The predicted octanol–water partition coefficient (Wildman–Crippen LogP) is 3.13. The van der Waals surface area contributed by atoms with E-state index in [1.54, 1.807) is 6.20 Å². The zero-order valence-corrected chi connectivity index (χ0v) is 10.8. The Bertz CT molecular complexity index is 388. The van der Waals surface area contributed by atoms with Crippen molar-refractivity contribution in [2.75, 3.05) is 0 Å². The quantitative estimate of drug-likeness (QED) is 0.865. The van der Waals surface area contributed by atoms with E-state index in [9.17, 15) is 5.11 Å². The number of nitrogens with zero attached hydrogens (tertiary/aromatic N) is 2. The van der Waals surface area contributed by atoms with Crippen molar-refractivity contribution in [1.29, 1.82) is 0 Å². The van der Waals surface area contributed by atoms with Crippen LogP contribution in [0.15, 0.2) is 6.20 Å². The summed E-state index contributed by atoms with van der Waals surface area (Å²) in [6.07, 6.45) is 4.26. The highest BCUT2D eigenvalue weighted by Crippen LogP contribution is 2.44. The van der Waals surface area contributed by atoms with Gasteiger partial charge < -0.3 is 5.11 Å². The average molecular weight is 243 g/mol. The number of hydrogen-bond acceptors (Lipinski definition) is 2. The smallest absolute Gasteiger partial charge is 0.108 e. The van der Waals surface area contributed by atoms with Gasteiger partial charge in [0.1, 0.15) is 5.60 Å². The summed E-state index contributed by atoms with van der Waals surface area (Å²) in [5.74, 6) is 0.552. The van der Waals surface area contributed by atoms with Crippen molar-refractivity contribution in [3.63, 3.8) is 0 Å². The lowest BCUT2D eigenvalue weighted by Gasteiger charge is -2.26. The minimum Gasteiger partial charge on any atom is -0.384 e. The molecule has 1 aliphatic rings. The van der Waals surface area contributed by atoms with Gasteiger partial charge in [0.2, 0.25) is 0 Å². The van der Waals surface area contributed by atoms with E-state index in [0.717, 1.165) is 25.0 Å². The van der Waals surface area contributed by atoms with E-state index in [1.807, 2.05) is 4.68 Å². The number of aliphatic hydroxyl groups is 1.